The van der Waals surface area contributed by atoms with Gasteiger partial charge >= 0.3 is 0 Å². The summed E-state index contributed by atoms with van der Waals surface area (Å²) in [4.78, 5) is 4.41. The van der Waals surface area contributed by atoms with Crippen molar-refractivity contribution in [1.29, 1.82) is 0 Å². The smallest absolute Gasteiger partial charge is 0.221 e. The molecule has 108 valence electrons. The predicted molar refractivity (Wildman–Crippen MR) is 79.1 cm³/mol. The second-order valence-corrected chi connectivity index (χ2v) is 5.94. The number of aromatic nitrogens is 6. The number of methoxy groups -OCH3 is 1. The fourth-order valence-electron chi connectivity index (χ4n) is 1.70. The van der Waals surface area contributed by atoms with Gasteiger partial charge in [0.2, 0.25) is 5.16 Å². The maximum absolute atomic E-state index is 5.34. The Hall–Kier alpha value is -2.00. The van der Waals surface area contributed by atoms with Gasteiger partial charge in [-0.1, -0.05) is 19.1 Å². The number of hydrogen-bond donors (Lipinski definition) is 0. The second-order valence-electron chi connectivity index (χ2n) is 3.98. The Bertz CT molecular complexity index is 741. The van der Waals surface area contributed by atoms with Gasteiger partial charge in [-0.3, -0.25) is 0 Å². The number of tetrazole rings is 1. The third-order valence-corrected chi connectivity index (χ3v) is 4.42. The van der Waals surface area contributed by atoms with Gasteiger partial charge < -0.3 is 4.74 Å². The molecule has 0 aliphatic heterocycles. The molecule has 0 amide bonds. The van der Waals surface area contributed by atoms with Crippen molar-refractivity contribution in [2.75, 3.05) is 7.11 Å². The van der Waals surface area contributed by atoms with E-state index in [2.05, 4.69) is 24.9 Å². The van der Waals surface area contributed by atoms with Gasteiger partial charge in [0, 0.05) is 6.42 Å². The Morgan fingerprint density at radius 3 is 2.95 bits per heavy atom. The average Bonchev–Trinajstić information content (AvgIpc) is 3.17. The summed E-state index contributed by atoms with van der Waals surface area (Å²) in [7, 11) is 1.62. The first kappa shape index (κ1) is 14.0. The van der Waals surface area contributed by atoms with Crippen molar-refractivity contribution < 1.29 is 4.74 Å². The number of para-hydroxylation sites is 2. The Labute approximate surface area is 129 Å². The van der Waals surface area contributed by atoms with Gasteiger partial charge in [0.15, 0.2) is 4.34 Å². The molecule has 0 aliphatic rings. The van der Waals surface area contributed by atoms with Crippen LogP contribution in [-0.2, 0) is 6.42 Å². The minimum Gasteiger partial charge on any atom is -0.494 e. The summed E-state index contributed by atoms with van der Waals surface area (Å²) in [6.45, 7) is 2.02. The van der Waals surface area contributed by atoms with E-state index in [4.69, 9.17) is 4.74 Å². The largest absolute Gasteiger partial charge is 0.494 e. The topological polar surface area (TPSA) is 78.6 Å². The molecule has 0 bridgehead atoms. The molecule has 2 heterocycles. The molecule has 0 atom stereocenters. The van der Waals surface area contributed by atoms with E-state index in [-0.39, 0.29) is 0 Å². The lowest BCUT2D eigenvalue weighted by Gasteiger charge is -2.07. The molecule has 1 aromatic carbocycles. The summed E-state index contributed by atoms with van der Waals surface area (Å²) in [6, 6.07) is 7.58. The van der Waals surface area contributed by atoms with Gasteiger partial charge in [-0.25, -0.2) is 4.98 Å². The number of rotatable bonds is 5. The van der Waals surface area contributed by atoms with Crippen molar-refractivity contribution in [3.63, 3.8) is 0 Å². The van der Waals surface area contributed by atoms with E-state index < -0.39 is 0 Å². The molecule has 0 radical (unpaired) electrons. The van der Waals surface area contributed by atoms with E-state index in [0.29, 0.717) is 10.9 Å². The van der Waals surface area contributed by atoms with Crippen molar-refractivity contribution >= 4 is 23.3 Å². The third kappa shape index (κ3) is 2.88. The Morgan fingerprint density at radius 1 is 1.33 bits per heavy atom. The minimum absolute atomic E-state index is 0.623. The van der Waals surface area contributed by atoms with Crippen LogP contribution in [0.4, 0.5) is 0 Å². The standard InChI is InChI=1S/C12H12N6OS2/c1-3-10-13-12(21-15-10)20-11-14-16-17-18(11)8-6-4-5-7-9(8)19-2/h4-7H,3H2,1-2H3. The number of benzene rings is 1. The van der Waals surface area contributed by atoms with Crippen LogP contribution in [0.25, 0.3) is 5.69 Å². The fourth-order valence-corrected chi connectivity index (χ4v) is 3.29. The third-order valence-electron chi connectivity index (χ3n) is 2.70. The molecule has 0 N–H and O–H groups in total. The van der Waals surface area contributed by atoms with E-state index >= 15 is 0 Å². The quantitative estimate of drug-likeness (QED) is 0.713. The van der Waals surface area contributed by atoms with Gasteiger partial charge in [0.25, 0.3) is 0 Å². The summed E-state index contributed by atoms with van der Waals surface area (Å²) < 4.78 is 12.1. The first-order valence-electron chi connectivity index (χ1n) is 6.24. The highest BCUT2D eigenvalue weighted by atomic mass is 32.2. The van der Waals surface area contributed by atoms with Crippen molar-refractivity contribution in [3.05, 3.63) is 30.1 Å². The van der Waals surface area contributed by atoms with Crippen molar-refractivity contribution in [3.8, 4) is 11.4 Å². The van der Waals surface area contributed by atoms with Gasteiger partial charge in [0.1, 0.15) is 17.3 Å². The Morgan fingerprint density at radius 2 is 2.19 bits per heavy atom. The Kier molecular flexibility index (Phi) is 4.11. The second kappa shape index (κ2) is 6.19. The van der Waals surface area contributed by atoms with Crippen LogP contribution in [0.3, 0.4) is 0 Å². The van der Waals surface area contributed by atoms with E-state index in [0.717, 1.165) is 22.3 Å². The van der Waals surface area contributed by atoms with Crippen molar-refractivity contribution in [1.82, 2.24) is 29.6 Å². The SMILES string of the molecule is CCc1nsc(Sc2nnnn2-c2ccccc2OC)n1. The highest BCUT2D eigenvalue weighted by molar-refractivity contribution is 8.00. The maximum atomic E-state index is 5.34. The lowest BCUT2D eigenvalue weighted by Crippen LogP contribution is -2.01. The summed E-state index contributed by atoms with van der Waals surface area (Å²) >= 11 is 2.74. The van der Waals surface area contributed by atoms with Crippen LogP contribution in [0.1, 0.15) is 12.7 Å². The van der Waals surface area contributed by atoms with Crippen LogP contribution in [0, 0.1) is 0 Å². The number of ether oxygens (including phenoxy) is 1. The molecule has 3 aromatic rings. The van der Waals surface area contributed by atoms with E-state index in [1.165, 1.54) is 23.3 Å². The molecule has 0 saturated carbocycles. The van der Waals surface area contributed by atoms with Crippen molar-refractivity contribution in [2.24, 2.45) is 0 Å². The van der Waals surface area contributed by atoms with E-state index in [1.807, 2.05) is 31.2 Å². The zero-order valence-electron chi connectivity index (χ0n) is 11.4. The lowest BCUT2D eigenvalue weighted by atomic mass is 10.3. The first-order valence-corrected chi connectivity index (χ1v) is 7.83. The molecule has 9 heteroatoms. The first-order chi connectivity index (χ1) is 10.3. The summed E-state index contributed by atoms with van der Waals surface area (Å²) in [5, 5.41) is 12.4. The molecule has 0 aliphatic carbocycles. The van der Waals surface area contributed by atoms with Crippen LogP contribution in [0.2, 0.25) is 0 Å². The minimum atomic E-state index is 0.623. The van der Waals surface area contributed by atoms with E-state index in [1.54, 1.807) is 11.8 Å². The summed E-state index contributed by atoms with van der Waals surface area (Å²) in [5.74, 6) is 1.54. The zero-order chi connectivity index (χ0) is 14.7. The lowest BCUT2D eigenvalue weighted by molar-refractivity contribution is 0.410. The molecule has 0 unspecified atom stereocenters. The van der Waals surface area contributed by atoms with Crippen molar-refractivity contribution in [2.45, 2.75) is 22.8 Å². The van der Waals surface area contributed by atoms with Crippen LogP contribution < -0.4 is 4.74 Å². The number of aryl methyl sites for hydroxylation is 1. The predicted octanol–water partition coefficient (Wildman–Crippen LogP) is 2.24. The fraction of sp³-hybridized carbons (Fsp3) is 0.250. The number of nitrogens with zero attached hydrogens (tertiary/aromatic N) is 6. The highest BCUT2D eigenvalue weighted by Gasteiger charge is 2.15. The molecule has 7 nitrogen and oxygen atoms in total. The molecule has 0 spiro atoms. The van der Waals surface area contributed by atoms with Crippen LogP contribution >= 0.6 is 23.3 Å². The van der Waals surface area contributed by atoms with Gasteiger partial charge in [-0.05, 0) is 45.9 Å². The summed E-state index contributed by atoms with van der Waals surface area (Å²) in [5.41, 5.74) is 0.785. The zero-order valence-corrected chi connectivity index (χ0v) is 13.1. The monoisotopic (exact) mass is 320 g/mol. The Balaban J connectivity index is 1.93. The van der Waals surface area contributed by atoms with Gasteiger partial charge in [-0.2, -0.15) is 9.06 Å². The molecular weight excluding hydrogens is 308 g/mol. The highest BCUT2D eigenvalue weighted by Crippen LogP contribution is 2.30. The molecule has 0 fully saturated rings. The molecule has 0 saturated heterocycles. The van der Waals surface area contributed by atoms with Crippen LogP contribution in [0.15, 0.2) is 33.8 Å². The number of hydrogen-bond acceptors (Lipinski definition) is 8. The summed E-state index contributed by atoms with van der Waals surface area (Å²) in [6.07, 6.45) is 0.814. The molecule has 2 aromatic heterocycles. The maximum Gasteiger partial charge on any atom is 0.221 e. The molecular formula is C12H12N6OS2. The molecule has 21 heavy (non-hydrogen) atoms. The van der Waals surface area contributed by atoms with E-state index in [9.17, 15) is 0 Å². The molecule has 3 rings (SSSR count). The normalized spacial score (nSPS) is 10.8. The van der Waals surface area contributed by atoms with Gasteiger partial charge in [-0.15, -0.1) is 5.10 Å². The van der Waals surface area contributed by atoms with Crippen LogP contribution in [0.5, 0.6) is 5.75 Å². The van der Waals surface area contributed by atoms with Gasteiger partial charge in [0.05, 0.1) is 7.11 Å². The van der Waals surface area contributed by atoms with Crippen LogP contribution in [-0.4, -0.2) is 36.7 Å². The average molecular weight is 320 g/mol.